The zero-order valence-electron chi connectivity index (χ0n) is 18.3. The highest BCUT2D eigenvalue weighted by atomic mass is 16.5. The summed E-state index contributed by atoms with van der Waals surface area (Å²) in [7, 11) is 1.55. The molecule has 0 aliphatic heterocycles. The fourth-order valence-electron chi connectivity index (χ4n) is 3.08. The molecule has 1 atom stereocenters. The Morgan fingerprint density at radius 2 is 1.63 bits per heavy atom. The summed E-state index contributed by atoms with van der Waals surface area (Å²) in [5.74, 6) is 0.981. The predicted molar refractivity (Wildman–Crippen MR) is 117 cm³/mol. The summed E-state index contributed by atoms with van der Waals surface area (Å²) in [6.45, 7) is 6.71. The van der Waals surface area contributed by atoms with E-state index in [1.165, 1.54) is 0 Å². The van der Waals surface area contributed by atoms with Gasteiger partial charge in [0.15, 0.2) is 18.1 Å². The van der Waals surface area contributed by atoms with Gasteiger partial charge in [-0.2, -0.15) is 0 Å². The van der Waals surface area contributed by atoms with Crippen LogP contribution in [-0.2, 0) is 16.1 Å². The van der Waals surface area contributed by atoms with Gasteiger partial charge in [0.2, 0.25) is 5.91 Å². The Bertz CT molecular complexity index is 808. The van der Waals surface area contributed by atoms with Gasteiger partial charge in [0.25, 0.3) is 5.91 Å². The van der Waals surface area contributed by atoms with Crippen molar-refractivity contribution in [1.29, 1.82) is 0 Å². The lowest BCUT2D eigenvalue weighted by atomic mass is 10.1. The highest BCUT2D eigenvalue weighted by Gasteiger charge is 2.29. The SMILES string of the molecule is CC[C@@H](C(=O)NCC(C)C)N(Cc1ccccc1)C(=O)COc1ccccc1OC. The predicted octanol–water partition coefficient (Wildman–Crippen LogP) is 3.65. The van der Waals surface area contributed by atoms with Crippen LogP contribution >= 0.6 is 0 Å². The van der Waals surface area contributed by atoms with Crippen LogP contribution in [0.2, 0.25) is 0 Å². The van der Waals surface area contributed by atoms with Gasteiger partial charge in [-0.25, -0.2) is 0 Å². The van der Waals surface area contributed by atoms with E-state index >= 15 is 0 Å². The number of hydrogen-bond acceptors (Lipinski definition) is 4. The maximum atomic E-state index is 13.1. The van der Waals surface area contributed by atoms with Crippen molar-refractivity contribution in [1.82, 2.24) is 10.2 Å². The molecule has 2 aromatic rings. The van der Waals surface area contributed by atoms with Gasteiger partial charge in [-0.05, 0) is 30.0 Å². The Balaban J connectivity index is 2.18. The van der Waals surface area contributed by atoms with Crippen LogP contribution in [0.1, 0.15) is 32.8 Å². The third-order valence-electron chi connectivity index (χ3n) is 4.69. The lowest BCUT2D eigenvalue weighted by molar-refractivity contribution is -0.143. The van der Waals surface area contributed by atoms with E-state index in [-0.39, 0.29) is 18.4 Å². The maximum absolute atomic E-state index is 13.1. The Kier molecular flexibility index (Phi) is 9.19. The molecular formula is C24H32N2O4. The smallest absolute Gasteiger partial charge is 0.261 e. The van der Waals surface area contributed by atoms with Gasteiger partial charge in [-0.15, -0.1) is 0 Å². The Hall–Kier alpha value is -3.02. The van der Waals surface area contributed by atoms with Gasteiger partial charge >= 0.3 is 0 Å². The molecule has 162 valence electrons. The van der Waals surface area contributed by atoms with Gasteiger partial charge in [0.05, 0.1) is 7.11 Å². The summed E-state index contributed by atoms with van der Waals surface area (Å²) in [4.78, 5) is 27.6. The van der Waals surface area contributed by atoms with Gasteiger partial charge in [-0.1, -0.05) is 63.2 Å². The van der Waals surface area contributed by atoms with E-state index in [1.54, 1.807) is 24.1 Å². The molecule has 30 heavy (non-hydrogen) atoms. The number of rotatable bonds is 11. The van der Waals surface area contributed by atoms with E-state index in [0.717, 1.165) is 5.56 Å². The zero-order chi connectivity index (χ0) is 21.9. The van der Waals surface area contributed by atoms with Crippen LogP contribution in [0.4, 0.5) is 0 Å². The van der Waals surface area contributed by atoms with E-state index in [0.29, 0.717) is 36.9 Å². The number of para-hydroxylation sites is 2. The average Bonchev–Trinajstić information content (AvgIpc) is 2.76. The van der Waals surface area contributed by atoms with Crippen molar-refractivity contribution in [2.24, 2.45) is 5.92 Å². The molecule has 0 fully saturated rings. The second-order valence-corrected chi connectivity index (χ2v) is 7.51. The quantitative estimate of drug-likeness (QED) is 0.612. The molecule has 0 unspecified atom stereocenters. The van der Waals surface area contributed by atoms with E-state index in [9.17, 15) is 9.59 Å². The molecule has 0 spiro atoms. The van der Waals surface area contributed by atoms with Crippen molar-refractivity contribution in [3.8, 4) is 11.5 Å². The molecule has 0 aliphatic carbocycles. The number of hydrogen-bond donors (Lipinski definition) is 1. The normalized spacial score (nSPS) is 11.6. The van der Waals surface area contributed by atoms with Crippen molar-refractivity contribution < 1.29 is 19.1 Å². The van der Waals surface area contributed by atoms with Crippen molar-refractivity contribution in [3.63, 3.8) is 0 Å². The fraction of sp³-hybridized carbons (Fsp3) is 0.417. The molecule has 2 rings (SSSR count). The third kappa shape index (κ3) is 6.79. The number of ether oxygens (including phenoxy) is 2. The molecule has 0 saturated heterocycles. The van der Waals surface area contributed by atoms with Crippen LogP contribution in [0.5, 0.6) is 11.5 Å². The molecule has 6 heteroatoms. The number of carbonyl (C=O) groups is 2. The lowest BCUT2D eigenvalue weighted by Gasteiger charge is -2.31. The minimum Gasteiger partial charge on any atom is -0.493 e. The summed E-state index contributed by atoms with van der Waals surface area (Å²) < 4.78 is 11.0. The summed E-state index contributed by atoms with van der Waals surface area (Å²) in [6, 6.07) is 16.3. The Morgan fingerprint density at radius 3 is 2.23 bits per heavy atom. The standard InChI is InChI=1S/C24H32N2O4/c1-5-20(24(28)25-15-18(2)3)26(16-19-11-7-6-8-12-19)23(27)17-30-22-14-10-9-13-21(22)29-4/h6-14,18,20H,5,15-17H2,1-4H3,(H,25,28)/t20-/m0/s1. The second kappa shape index (κ2) is 11.9. The van der Waals surface area contributed by atoms with E-state index in [4.69, 9.17) is 9.47 Å². The van der Waals surface area contributed by atoms with Gasteiger partial charge in [-0.3, -0.25) is 9.59 Å². The highest BCUT2D eigenvalue weighted by molar-refractivity contribution is 5.88. The van der Waals surface area contributed by atoms with Crippen molar-refractivity contribution >= 4 is 11.8 Å². The van der Waals surface area contributed by atoms with Crippen LogP contribution in [0.25, 0.3) is 0 Å². The fourth-order valence-corrected chi connectivity index (χ4v) is 3.08. The summed E-state index contributed by atoms with van der Waals surface area (Å²) in [5.41, 5.74) is 0.957. The number of nitrogens with one attached hydrogen (secondary N) is 1. The van der Waals surface area contributed by atoms with Crippen molar-refractivity contribution in [2.45, 2.75) is 39.8 Å². The number of carbonyl (C=O) groups excluding carboxylic acids is 2. The molecule has 0 saturated carbocycles. The van der Waals surface area contributed by atoms with Gasteiger partial charge in [0.1, 0.15) is 6.04 Å². The minimum absolute atomic E-state index is 0.146. The van der Waals surface area contributed by atoms with Crippen LogP contribution in [0.3, 0.4) is 0 Å². The largest absolute Gasteiger partial charge is 0.493 e. The van der Waals surface area contributed by atoms with Crippen molar-refractivity contribution in [2.75, 3.05) is 20.3 Å². The number of nitrogens with zero attached hydrogens (tertiary/aromatic N) is 1. The Labute approximate surface area is 179 Å². The minimum atomic E-state index is -0.572. The molecule has 0 aromatic heterocycles. The lowest BCUT2D eigenvalue weighted by Crippen LogP contribution is -2.50. The van der Waals surface area contributed by atoms with Gasteiger partial charge < -0.3 is 19.7 Å². The first-order valence-electron chi connectivity index (χ1n) is 10.3. The molecule has 1 N–H and O–H groups in total. The molecule has 6 nitrogen and oxygen atoms in total. The van der Waals surface area contributed by atoms with Crippen LogP contribution in [0, 0.1) is 5.92 Å². The van der Waals surface area contributed by atoms with Crippen LogP contribution < -0.4 is 14.8 Å². The van der Waals surface area contributed by atoms with Crippen LogP contribution in [-0.4, -0.2) is 43.0 Å². The summed E-state index contributed by atoms with van der Waals surface area (Å²) in [5, 5.41) is 2.95. The summed E-state index contributed by atoms with van der Waals surface area (Å²) >= 11 is 0. The average molecular weight is 413 g/mol. The first-order valence-corrected chi connectivity index (χ1v) is 10.3. The van der Waals surface area contributed by atoms with Crippen molar-refractivity contribution in [3.05, 3.63) is 60.2 Å². The van der Waals surface area contributed by atoms with Gasteiger partial charge in [0, 0.05) is 13.1 Å². The van der Waals surface area contributed by atoms with E-state index in [1.807, 2.05) is 63.2 Å². The molecule has 2 aromatic carbocycles. The van der Waals surface area contributed by atoms with E-state index < -0.39 is 6.04 Å². The monoisotopic (exact) mass is 412 g/mol. The first-order chi connectivity index (χ1) is 14.5. The number of amides is 2. The second-order valence-electron chi connectivity index (χ2n) is 7.51. The molecule has 2 amide bonds. The molecule has 0 bridgehead atoms. The maximum Gasteiger partial charge on any atom is 0.261 e. The summed E-state index contributed by atoms with van der Waals surface area (Å²) in [6.07, 6.45) is 0.511. The third-order valence-corrected chi connectivity index (χ3v) is 4.69. The molecular weight excluding hydrogens is 380 g/mol. The van der Waals surface area contributed by atoms with Crippen LogP contribution in [0.15, 0.2) is 54.6 Å². The topological polar surface area (TPSA) is 67.9 Å². The number of methoxy groups -OCH3 is 1. The van der Waals surface area contributed by atoms with E-state index in [2.05, 4.69) is 5.32 Å². The number of benzene rings is 2. The molecule has 0 radical (unpaired) electrons. The first kappa shape index (κ1) is 23.3. The molecule has 0 heterocycles. The highest BCUT2D eigenvalue weighted by Crippen LogP contribution is 2.26. The molecule has 0 aliphatic rings. The zero-order valence-corrected chi connectivity index (χ0v) is 18.3. The Morgan fingerprint density at radius 1 is 1.00 bits per heavy atom.